The second-order valence-electron chi connectivity index (χ2n) is 8.05. The van der Waals surface area contributed by atoms with E-state index in [4.69, 9.17) is 4.52 Å². The molecule has 1 aliphatic rings. The lowest BCUT2D eigenvalue weighted by atomic mass is 9.97. The predicted octanol–water partition coefficient (Wildman–Crippen LogP) is 1.93. The smallest absolute Gasteiger partial charge is 0.248 e. The Balaban J connectivity index is 1.87. The minimum Gasteiger partial charge on any atom is -0.360 e. The van der Waals surface area contributed by atoms with Gasteiger partial charge in [-0.15, -0.1) is 0 Å². The molecule has 160 valence electrons. The van der Waals surface area contributed by atoms with E-state index in [0.717, 1.165) is 6.54 Å². The molecule has 1 amide bonds. The lowest BCUT2D eigenvalue weighted by Gasteiger charge is -2.32. The first kappa shape index (κ1) is 22.8. The van der Waals surface area contributed by atoms with Gasteiger partial charge in [-0.2, -0.15) is 4.31 Å². The first-order valence-electron chi connectivity index (χ1n) is 10.0. The fourth-order valence-electron chi connectivity index (χ4n) is 3.90. The fourth-order valence-corrected chi connectivity index (χ4v) is 5.66. The molecule has 0 bridgehead atoms. The molecule has 1 fully saturated rings. The molecule has 0 aliphatic carbocycles. The van der Waals surface area contributed by atoms with Crippen molar-refractivity contribution in [3.8, 4) is 0 Å². The molecule has 1 aliphatic heterocycles. The van der Waals surface area contributed by atoms with Crippen LogP contribution in [0.3, 0.4) is 0 Å². The first-order chi connectivity index (χ1) is 13.1. The zero-order valence-corrected chi connectivity index (χ0v) is 18.7. The van der Waals surface area contributed by atoms with Crippen molar-refractivity contribution in [1.29, 1.82) is 0 Å². The molecule has 0 saturated carbocycles. The Labute approximate surface area is 168 Å². The second-order valence-corrected chi connectivity index (χ2v) is 9.92. The maximum Gasteiger partial charge on any atom is 0.248 e. The van der Waals surface area contributed by atoms with Crippen LogP contribution in [0.5, 0.6) is 0 Å². The number of piperidine rings is 1. The highest BCUT2D eigenvalue weighted by Gasteiger charge is 2.35. The van der Waals surface area contributed by atoms with Crippen molar-refractivity contribution in [2.24, 2.45) is 5.92 Å². The molecular weight excluding hydrogens is 380 g/mol. The van der Waals surface area contributed by atoms with Crippen LogP contribution >= 0.6 is 0 Å². The standard InChI is InChI=1S/C19H34N4O4S/c1-13(2)23(14(3)4)12-9-20-19(24)17-7-10-22(11-8-17)28(25,26)18-15(5)21-27-16(18)6/h13-14,17H,7-12H2,1-6H3,(H,20,24). The van der Waals surface area contributed by atoms with Crippen LogP contribution in [-0.2, 0) is 14.8 Å². The summed E-state index contributed by atoms with van der Waals surface area (Å²) in [6, 6.07) is 0.851. The van der Waals surface area contributed by atoms with Gasteiger partial charge in [0.1, 0.15) is 10.6 Å². The van der Waals surface area contributed by atoms with E-state index in [0.29, 0.717) is 56.0 Å². The second kappa shape index (κ2) is 9.37. The molecule has 1 saturated heterocycles. The largest absolute Gasteiger partial charge is 0.360 e. The summed E-state index contributed by atoms with van der Waals surface area (Å²) in [5.41, 5.74) is 0.372. The Hall–Kier alpha value is -1.45. The summed E-state index contributed by atoms with van der Waals surface area (Å²) >= 11 is 0. The molecule has 2 heterocycles. The van der Waals surface area contributed by atoms with Crippen molar-refractivity contribution in [2.75, 3.05) is 26.2 Å². The molecule has 0 radical (unpaired) electrons. The number of sulfonamides is 1. The number of hydrogen-bond donors (Lipinski definition) is 1. The van der Waals surface area contributed by atoms with Crippen LogP contribution in [0.25, 0.3) is 0 Å². The lowest BCUT2D eigenvalue weighted by molar-refractivity contribution is -0.126. The highest BCUT2D eigenvalue weighted by Crippen LogP contribution is 2.27. The maximum absolute atomic E-state index is 12.9. The fraction of sp³-hybridized carbons (Fsp3) is 0.789. The number of aromatic nitrogens is 1. The molecule has 9 heteroatoms. The summed E-state index contributed by atoms with van der Waals surface area (Å²) in [6.45, 7) is 13.9. The van der Waals surface area contributed by atoms with Crippen molar-refractivity contribution in [1.82, 2.24) is 19.7 Å². The van der Waals surface area contributed by atoms with Crippen LogP contribution in [0.2, 0.25) is 0 Å². The van der Waals surface area contributed by atoms with E-state index in [1.165, 1.54) is 4.31 Å². The monoisotopic (exact) mass is 414 g/mol. The molecule has 2 rings (SSSR count). The number of nitrogens with zero attached hydrogens (tertiary/aromatic N) is 3. The van der Waals surface area contributed by atoms with Gasteiger partial charge >= 0.3 is 0 Å². The summed E-state index contributed by atoms with van der Waals surface area (Å²) in [7, 11) is -3.64. The van der Waals surface area contributed by atoms with Crippen molar-refractivity contribution >= 4 is 15.9 Å². The zero-order chi connectivity index (χ0) is 21.1. The molecule has 1 aromatic heterocycles. The Morgan fingerprint density at radius 3 is 2.25 bits per heavy atom. The molecule has 0 unspecified atom stereocenters. The van der Waals surface area contributed by atoms with Crippen molar-refractivity contribution < 1.29 is 17.7 Å². The summed E-state index contributed by atoms with van der Waals surface area (Å²) in [6.07, 6.45) is 1.04. The average Bonchev–Trinajstić information content (AvgIpc) is 2.97. The third-order valence-electron chi connectivity index (χ3n) is 5.39. The maximum atomic E-state index is 12.9. The van der Waals surface area contributed by atoms with Crippen LogP contribution in [0, 0.1) is 19.8 Å². The quantitative estimate of drug-likeness (QED) is 0.698. The van der Waals surface area contributed by atoms with Gasteiger partial charge in [-0.05, 0) is 54.4 Å². The average molecular weight is 415 g/mol. The van der Waals surface area contributed by atoms with Gasteiger partial charge in [0.2, 0.25) is 15.9 Å². The summed E-state index contributed by atoms with van der Waals surface area (Å²) in [5, 5.41) is 6.76. The van der Waals surface area contributed by atoms with Gasteiger partial charge in [0.15, 0.2) is 5.76 Å². The minimum atomic E-state index is -3.64. The number of hydrogen-bond acceptors (Lipinski definition) is 6. The summed E-state index contributed by atoms with van der Waals surface area (Å²) in [5.74, 6) is 0.168. The highest BCUT2D eigenvalue weighted by molar-refractivity contribution is 7.89. The minimum absolute atomic E-state index is 0.0156. The van der Waals surface area contributed by atoms with Crippen LogP contribution in [0.1, 0.15) is 52.0 Å². The molecule has 28 heavy (non-hydrogen) atoms. The summed E-state index contributed by atoms with van der Waals surface area (Å²) in [4.78, 5) is 15.0. The van der Waals surface area contributed by atoms with Crippen molar-refractivity contribution in [2.45, 2.75) is 71.4 Å². The molecule has 1 aromatic rings. The Bertz CT molecular complexity index is 737. The highest BCUT2D eigenvalue weighted by atomic mass is 32.2. The van der Waals surface area contributed by atoms with E-state index in [1.54, 1.807) is 13.8 Å². The van der Waals surface area contributed by atoms with Gasteiger partial charge in [0, 0.05) is 44.2 Å². The van der Waals surface area contributed by atoms with Crippen molar-refractivity contribution in [3.05, 3.63) is 11.5 Å². The van der Waals surface area contributed by atoms with Gasteiger partial charge in [0.25, 0.3) is 0 Å². The number of nitrogens with one attached hydrogen (secondary N) is 1. The van der Waals surface area contributed by atoms with Gasteiger partial charge in [-0.25, -0.2) is 8.42 Å². The van der Waals surface area contributed by atoms with E-state index in [9.17, 15) is 13.2 Å². The van der Waals surface area contributed by atoms with E-state index in [2.05, 4.69) is 43.1 Å². The lowest BCUT2D eigenvalue weighted by Crippen LogP contribution is -2.46. The van der Waals surface area contributed by atoms with Crippen LogP contribution in [0.4, 0.5) is 0 Å². The number of aryl methyl sites for hydroxylation is 2. The Kier molecular flexibility index (Phi) is 7.64. The third kappa shape index (κ3) is 5.12. The number of carbonyl (C=O) groups excluding carboxylic acids is 1. The predicted molar refractivity (Wildman–Crippen MR) is 107 cm³/mol. The molecular formula is C19H34N4O4S. The Morgan fingerprint density at radius 2 is 1.79 bits per heavy atom. The molecule has 8 nitrogen and oxygen atoms in total. The topological polar surface area (TPSA) is 95.8 Å². The zero-order valence-electron chi connectivity index (χ0n) is 17.9. The van der Waals surface area contributed by atoms with E-state index in [-0.39, 0.29) is 16.7 Å². The normalized spacial score (nSPS) is 17.0. The molecule has 0 atom stereocenters. The third-order valence-corrected chi connectivity index (χ3v) is 7.53. The van der Waals surface area contributed by atoms with Gasteiger partial charge in [-0.1, -0.05) is 5.16 Å². The number of rotatable bonds is 8. The van der Waals surface area contributed by atoms with Gasteiger partial charge in [0.05, 0.1) is 0 Å². The number of carbonyl (C=O) groups is 1. The molecule has 1 N–H and O–H groups in total. The van der Waals surface area contributed by atoms with Gasteiger partial charge in [-0.3, -0.25) is 9.69 Å². The first-order valence-corrected chi connectivity index (χ1v) is 11.5. The van der Waals surface area contributed by atoms with E-state index in [1.807, 2.05) is 0 Å². The van der Waals surface area contributed by atoms with Crippen LogP contribution < -0.4 is 5.32 Å². The van der Waals surface area contributed by atoms with E-state index < -0.39 is 10.0 Å². The van der Waals surface area contributed by atoms with Crippen LogP contribution in [-0.4, -0.2) is 66.9 Å². The molecule has 0 aromatic carbocycles. The Morgan fingerprint density at radius 1 is 1.21 bits per heavy atom. The SMILES string of the molecule is Cc1noc(C)c1S(=O)(=O)N1CCC(C(=O)NCCN(C(C)C)C(C)C)CC1. The van der Waals surface area contributed by atoms with Crippen molar-refractivity contribution in [3.63, 3.8) is 0 Å². The molecule has 0 spiro atoms. The van der Waals surface area contributed by atoms with Crippen LogP contribution in [0.15, 0.2) is 9.42 Å². The van der Waals surface area contributed by atoms with Gasteiger partial charge < -0.3 is 9.84 Å². The van der Waals surface area contributed by atoms with E-state index >= 15 is 0 Å². The number of amides is 1. The summed E-state index contributed by atoms with van der Waals surface area (Å²) < 4.78 is 32.2.